The van der Waals surface area contributed by atoms with E-state index in [2.05, 4.69) is 32.6 Å². The highest BCUT2D eigenvalue weighted by atomic mass is 79.9. The van der Waals surface area contributed by atoms with Crippen molar-refractivity contribution in [1.82, 2.24) is 9.78 Å². The van der Waals surface area contributed by atoms with Crippen LogP contribution in [0.25, 0.3) is 5.70 Å². The predicted octanol–water partition coefficient (Wildman–Crippen LogP) is 1.97. The number of hydrogen-bond acceptors (Lipinski definition) is 3. The maximum absolute atomic E-state index is 5.67. The molecule has 0 aliphatic carbocycles. The summed E-state index contributed by atoms with van der Waals surface area (Å²) < 4.78 is 2.25. The van der Waals surface area contributed by atoms with Gasteiger partial charge in [0.25, 0.3) is 0 Å². The van der Waals surface area contributed by atoms with E-state index in [0.29, 0.717) is 16.0 Å². The third-order valence-corrected chi connectivity index (χ3v) is 2.39. The molecule has 0 atom stereocenters. The van der Waals surface area contributed by atoms with Crippen LogP contribution in [-0.4, -0.2) is 16.0 Å². The lowest BCUT2D eigenvalue weighted by Gasteiger charge is -2.05. The number of nitrogens with two attached hydrogens (primary N) is 1. The summed E-state index contributed by atoms with van der Waals surface area (Å²) >= 11 is 3.31. The van der Waals surface area contributed by atoms with E-state index < -0.39 is 0 Å². The number of aromatic nitrogens is 2. The number of nitrogens with zero attached hydrogens (tertiary/aromatic N) is 3. The first-order valence-electron chi connectivity index (χ1n) is 4.00. The SMILES string of the molecule is C=C(/C(Br)=C(N)\N=C/C)n1cccn1. The predicted molar refractivity (Wildman–Crippen MR) is 61.9 cm³/mol. The summed E-state index contributed by atoms with van der Waals surface area (Å²) in [4.78, 5) is 3.94. The molecule has 1 aromatic rings. The molecule has 14 heavy (non-hydrogen) atoms. The molecule has 0 spiro atoms. The van der Waals surface area contributed by atoms with Gasteiger partial charge in [-0.2, -0.15) is 5.10 Å². The van der Waals surface area contributed by atoms with E-state index in [4.69, 9.17) is 5.73 Å². The number of allylic oxidation sites excluding steroid dienone is 2. The Morgan fingerprint density at radius 3 is 2.93 bits per heavy atom. The Kier molecular flexibility index (Phi) is 3.64. The fraction of sp³-hybridized carbons (Fsp3) is 0.111. The summed E-state index contributed by atoms with van der Waals surface area (Å²) in [5.74, 6) is 0.382. The Labute approximate surface area is 91.0 Å². The Hall–Kier alpha value is -1.36. The van der Waals surface area contributed by atoms with Crippen LogP contribution in [0.15, 0.2) is 40.3 Å². The Morgan fingerprint density at radius 1 is 1.71 bits per heavy atom. The second kappa shape index (κ2) is 4.76. The fourth-order valence-electron chi connectivity index (χ4n) is 0.873. The van der Waals surface area contributed by atoms with Gasteiger partial charge in [0, 0.05) is 18.6 Å². The first kappa shape index (κ1) is 10.7. The average molecular weight is 255 g/mol. The molecule has 0 unspecified atom stereocenters. The van der Waals surface area contributed by atoms with Crippen LogP contribution < -0.4 is 5.73 Å². The summed E-state index contributed by atoms with van der Waals surface area (Å²) in [5.41, 5.74) is 6.32. The van der Waals surface area contributed by atoms with Gasteiger partial charge in [0.15, 0.2) is 0 Å². The molecule has 1 heterocycles. The molecule has 0 bridgehead atoms. The van der Waals surface area contributed by atoms with Crippen molar-refractivity contribution >= 4 is 27.8 Å². The zero-order valence-corrected chi connectivity index (χ0v) is 9.40. The molecule has 5 heteroatoms. The molecule has 0 radical (unpaired) electrons. The second-order valence-electron chi connectivity index (χ2n) is 2.48. The summed E-state index contributed by atoms with van der Waals surface area (Å²) in [6, 6.07) is 1.81. The fourth-order valence-corrected chi connectivity index (χ4v) is 1.16. The van der Waals surface area contributed by atoms with Gasteiger partial charge in [-0.05, 0) is 28.9 Å². The van der Waals surface area contributed by atoms with E-state index >= 15 is 0 Å². The first-order valence-corrected chi connectivity index (χ1v) is 4.79. The van der Waals surface area contributed by atoms with Crippen molar-refractivity contribution in [2.45, 2.75) is 6.92 Å². The number of rotatable bonds is 3. The van der Waals surface area contributed by atoms with E-state index in [0.717, 1.165) is 0 Å². The van der Waals surface area contributed by atoms with E-state index in [1.54, 1.807) is 30.2 Å². The van der Waals surface area contributed by atoms with E-state index in [-0.39, 0.29) is 0 Å². The maximum atomic E-state index is 5.67. The van der Waals surface area contributed by atoms with Crippen molar-refractivity contribution < 1.29 is 0 Å². The molecule has 0 saturated carbocycles. The molecule has 4 nitrogen and oxygen atoms in total. The summed E-state index contributed by atoms with van der Waals surface area (Å²) in [6.07, 6.45) is 5.07. The highest BCUT2D eigenvalue weighted by molar-refractivity contribution is 9.12. The molecule has 0 amide bonds. The van der Waals surface area contributed by atoms with Crippen LogP contribution in [-0.2, 0) is 0 Å². The molecule has 1 rings (SSSR count). The van der Waals surface area contributed by atoms with E-state index in [1.807, 2.05) is 6.07 Å². The van der Waals surface area contributed by atoms with Crippen LogP contribution in [0.2, 0.25) is 0 Å². The normalized spacial score (nSPS) is 13.0. The third-order valence-electron chi connectivity index (χ3n) is 1.53. The average Bonchev–Trinajstić information content (AvgIpc) is 2.68. The van der Waals surface area contributed by atoms with E-state index in [1.165, 1.54) is 0 Å². The zero-order valence-electron chi connectivity index (χ0n) is 7.81. The van der Waals surface area contributed by atoms with Crippen molar-refractivity contribution in [3.63, 3.8) is 0 Å². The van der Waals surface area contributed by atoms with Crippen molar-refractivity contribution in [2.24, 2.45) is 10.7 Å². The monoisotopic (exact) mass is 254 g/mol. The number of hydrogen-bond donors (Lipinski definition) is 1. The highest BCUT2D eigenvalue weighted by Crippen LogP contribution is 2.21. The lowest BCUT2D eigenvalue weighted by molar-refractivity contribution is 0.908. The molecular formula is C9H11BrN4. The molecule has 0 fully saturated rings. The van der Waals surface area contributed by atoms with Crippen LogP contribution in [0.3, 0.4) is 0 Å². The minimum atomic E-state index is 0.382. The van der Waals surface area contributed by atoms with Crippen molar-refractivity contribution in [3.05, 3.63) is 35.3 Å². The maximum Gasteiger partial charge on any atom is 0.139 e. The first-order chi connectivity index (χ1) is 6.66. The van der Waals surface area contributed by atoms with Gasteiger partial charge in [-0.3, -0.25) is 0 Å². The highest BCUT2D eigenvalue weighted by Gasteiger charge is 2.05. The van der Waals surface area contributed by atoms with Crippen LogP contribution >= 0.6 is 15.9 Å². The Bertz CT molecular complexity index is 376. The van der Waals surface area contributed by atoms with Crippen molar-refractivity contribution in [1.29, 1.82) is 0 Å². The second-order valence-corrected chi connectivity index (χ2v) is 3.28. The largest absolute Gasteiger partial charge is 0.383 e. The lowest BCUT2D eigenvalue weighted by Crippen LogP contribution is -2.02. The molecule has 74 valence electrons. The Morgan fingerprint density at radius 2 is 2.43 bits per heavy atom. The van der Waals surface area contributed by atoms with Crippen molar-refractivity contribution in [2.75, 3.05) is 0 Å². The minimum absolute atomic E-state index is 0.382. The molecule has 0 saturated heterocycles. The van der Waals surface area contributed by atoms with Gasteiger partial charge in [-0.15, -0.1) is 0 Å². The summed E-state index contributed by atoms with van der Waals surface area (Å²) in [6.45, 7) is 5.64. The minimum Gasteiger partial charge on any atom is -0.383 e. The smallest absolute Gasteiger partial charge is 0.139 e. The zero-order chi connectivity index (χ0) is 10.6. The molecule has 0 aliphatic heterocycles. The van der Waals surface area contributed by atoms with Gasteiger partial charge in [0.1, 0.15) is 5.82 Å². The molecule has 0 aromatic carbocycles. The molecule has 1 aromatic heterocycles. The summed E-state index contributed by atoms with van der Waals surface area (Å²) in [7, 11) is 0. The van der Waals surface area contributed by atoms with Crippen LogP contribution in [0, 0.1) is 0 Å². The van der Waals surface area contributed by atoms with Gasteiger partial charge >= 0.3 is 0 Å². The topological polar surface area (TPSA) is 56.2 Å². The lowest BCUT2D eigenvalue weighted by atomic mass is 10.4. The van der Waals surface area contributed by atoms with E-state index in [9.17, 15) is 0 Å². The van der Waals surface area contributed by atoms with Crippen LogP contribution in [0.5, 0.6) is 0 Å². The summed E-state index contributed by atoms with van der Waals surface area (Å²) in [5, 5.41) is 4.03. The van der Waals surface area contributed by atoms with Gasteiger partial charge in [-0.25, -0.2) is 9.67 Å². The number of halogens is 1. The molecule has 0 aliphatic rings. The number of aliphatic imine (C=N–C) groups is 1. The van der Waals surface area contributed by atoms with Crippen LogP contribution in [0.4, 0.5) is 0 Å². The molecular weight excluding hydrogens is 244 g/mol. The quantitative estimate of drug-likeness (QED) is 0.663. The van der Waals surface area contributed by atoms with Gasteiger partial charge in [-0.1, -0.05) is 6.58 Å². The van der Waals surface area contributed by atoms with Crippen LogP contribution in [0.1, 0.15) is 6.92 Å². The van der Waals surface area contributed by atoms with Gasteiger partial charge in [0.05, 0.1) is 10.2 Å². The van der Waals surface area contributed by atoms with Gasteiger partial charge in [0.2, 0.25) is 0 Å². The molecule has 2 N–H and O–H groups in total. The van der Waals surface area contributed by atoms with Crippen molar-refractivity contribution in [3.8, 4) is 0 Å². The standard InChI is InChI=1S/C9H11BrN4/c1-3-12-9(11)8(10)7(2)14-6-4-5-13-14/h3-6H,2,11H2,1H3/b9-8+,12-3-. The Balaban J connectivity index is 2.96. The third kappa shape index (κ3) is 2.32. The van der Waals surface area contributed by atoms with Gasteiger partial charge < -0.3 is 5.73 Å².